The summed E-state index contributed by atoms with van der Waals surface area (Å²) in [4.78, 5) is 13.1. The minimum Gasteiger partial charge on any atom is -0.293 e. The van der Waals surface area contributed by atoms with Crippen molar-refractivity contribution in [2.75, 3.05) is 5.75 Å². The molecular formula is C15H12BrFOS. The molecule has 0 aliphatic carbocycles. The second kappa shape index (κ2) is 6.35. The lowest BCUT2D eigenvalue weighted by Crippen LogP contribution is -2.05. The number of halogens is 2. The van der Waals surface area contributed by atoms with Gasteiger partial charge in [-0.2, -0.15) is 0 Å². The Morgan fingerprint density at radius 3 is 2.74 bits per heavy atom. The highest BCUT2D eigenvalue weighted by Crippen LogP contribution is 2.24. The molecule has 98 valence electrons. The molecule has 0 N–H and O–H groups in total. The van der Waals surface area contributed by atoms with Crippen LogP contribution in [0.15, 0.2) is 51.8 Å². The molecule has 0 fully saturated rings. The highest BCUT2D eigenvalue weighted by atomic mass is 79.9. The number of carbonyl (C=O) groups is 1. The summed E-state index contributed by atoms with van der Waals surface area (Å²) in [6.07, 6.45) is 0. The van der Waals surface area contributed by atoms with Gasteiger partial charge in [-0.25, -0.2) is 4.39 Å². The van der Waals surface area contributed by atoms with Gasteiger partial charge in [-0.05, 0) is 36.8 Å². The van der Waals surface area contributed by atoms with Gasteiger partial charge in [0.05, 0.1) is 11.3 Å². The maximum absolute atomic E-state index is 13.6. The van der Waals surface area contributed by atoms with E-state index < -0.39 is 5.82 Å². The Bertz CT molecular complexity index is 613. The number of Topliss-reactive ketones (excluding diaryl/α,β-unsaturated/α-hetero) is 1. The first-order valence-electron chi connectivity index (χ1n) is 5.74. The van der Waals surface area contributed by atoms with E-state index in [1.165, 1.54) is 23.9 Å². The van der Waals surface area contributed by atoms with E-state index in [9.17, 15) is 9.18 Å². The second-order valence-electron chi connectivity index (χ2n) is 4.10. The molecular weight excluding hydrogens is 327 g/mol. The van der Waals surface area contributed by atoms with Gasteiger partial charge in [0.25, 0.3) is 0 Å². The maximum Gasteiger partial charge on any atom is 0.176 e. The fraction of sp³-hybridized carbons (Fsp3) is 0.133. The SMILES string of the molecule is Cc1ccccc1SCC(=O)c1cc(Br)ccc1F. The summed E-state index contributed by atoms with van der Waals surface area (Å²) in [5.41, 5.74) is 1.26. The molecule has 4 heteroatoms. The molecule has 0 aromatic heterocycles. The van der Waals surface area contributed by atoms with E-state index in [0.717, 1.165) is 10.5 Å². The van der Waals surface area contributed by atoms with Crippen LogP contribution in [0, 0.1) is 12.7 Å². The number of ketones is 1. The fourth-order valence-corrected chi connectivity index (χ4v) is 2.92. The minimum absolute atomic E-state index is 0.135. The predicted octanol–water partition coefficient (Wildman–Crippen LogP) is 4.87. The average Bonchev–Trinajstić information content (AvgIpc) is 2.40. The number of rotatable bonds is 4. The third-order valence-corrected chi connectivity index (χ3v) is 4.35. The van der Waals surface area contributed by atoms with E-state index in [4.69, 9.17) is 0 Å². The van der Waals surface area contributed by atoms with Crippen LogP contribution in [0.25, 0.3) is 0 Å². The first-order valence-corrected chi connectivity index (χ1v) is 7.52. The monoisotopic (exact) mass is 338 g/mol. The van der Waals surface area contributed by atoms with Gasteiger partial charge in [0.2, 0.25) is 0 Å². The first-order chi connectivity index (χ1) is 9.08. The zero-order valence-corrected chi connectivity index (χ0v) is 12.7. The Kier molecular flexibility index (Phi) is 4.77. The van der Waals surface area contributed by atoms with Crippen molar-refractivity contribution in [2.24, 2.45) is 0 Å². The second-order valence-corrected chi connectivity index (χ2v) is 6.03. The molecule has 1 nitrogen and oxygen atoms in total. The fourth-order valence-electron chi connectivity index (χ4n) is 1.65. The normalized spacial score (nSPS) is 10.5. The van der Waals surface area contributed by atoms with Crippen molar-refractivity contribution in [3.05, 3.63) is 63.9 Å². The van der Waals surface area contributed by atoms with Crippen molar-refractivity contribution in [3.63, 3.8) is 0 Å². The van der Waals surface area contributed by atoms with E-state index in [2.05, 4.69) is 15.9 Å². The molecule has 0 atom stereocenters. The Labute approximate surface area is 124 Å². The van der Waals surface area contributed by atoms with E-state index >= 15 is 0 Å². The summed E-state index contributed by atoms with van der Waals surface area (Å²) in [7, 11) is 0. The maximum atomic E-state index is 13.6. The standard InChI is InChI=1S/C15H12BrFOS/c1-10-4-2-3-5-15(10)19-9-14(18)12-8-11(16)6-7-13(12)17/h2-8H,9H2,1H3. The lowest BCUT2D eigenvalue weighted by atomic mass is 10.1. The van der Waals surface area contributed by atoms with Crippen LogP contribution in [0.3, 0.4) is 0 Å². The van der Waals surface area contributed by atoms with Crippen LogP contribution in [-0.4, -0.2) is 11.5 Å². The summed E-state index contributed by atoms with van der Waals surface area (Å²) >= 11 is 4.68. The first kappa shape index (κ1) is 14.3. The number of thioether (sulfide) groups is 1. The molecule has 0 saturated heterocycles. The van der Waals surface area contributed by atoms with Crippen LogP contribution in [0.2, 0.25) is 0 Å². The lowest BCUT2D eigenvalue weighted by Gasteiger charge is -2.06. The zero-order valence-electron chi connectivity index (χ0n) is 10.3. The highest BCUT2D eigenvalue weighted by Gasteiger charge is 2.13. The largest absolute Gasteiger partial charge is 0.293 e. The molecule has 2 aromatic carbocycles. The van der Waals surface area contributed by atoms with Gasteiger partial charge < -0.3 is 0 Å². The Balaban J connectivity index is 2.10. The van der Waals surface area contributed by atoms with Crippen molar-refractivity contribution in [1.29, 1.82) is 0 Å². The van der Waals surface area contributed by atoms with Gasteiger partial charge in [-0.15, -0.1) is 11.8 Å². The molecule has 0 bridgehead atoms. The molecule has 2 aromatic rings. The Morgan fingerprint density at radius 1 is 1.26 bits per heavy atom. The molecule has 0 aliphatic heterocycles. The third kappa shape index (κ3) is 3.67. The summed E-state index contributed by atoms with van der Waals surface area (Å²) in [5.74, 6) is -0.441. The number of benzene rings is 2. The van der Waals surface area contributed by atoms with E-state index in [1.807, 2.05) is 31.2 Å². The van der Waals surface area contributed by atoms with Gasteiger partial charge in [0.1, 0.15) is 5.82 Å². The molecule has 0 amide bonds. The summed E-state index contributed by atoms with van der Waals surface area (Å²) < 4.78 is 14.3. The van der Waals surface area contributed by atoms with Crippen molar-refractivity contribution in [3.8, 4) is 0 Å². The van der Waals surface area contributed by atoms with E-state index in [-0.39, 0.29) is 17.1 Å². The lowest BCUT2D eigenvalue weighted by molar-refractivity contribution is 0.101. The zero-order chi connectivity index (χ0) is 13.8. The molecule has 0 radical (unpaired) electrons. The molecule has 19 heavy (non-hydrogen) atoms. The number of carbonyl (C=O) groups excluding carboxylic acids is 1. The molecule has 0 heterocycles. The topological polar surface area (TPSA) is 17.1 Å². The highest BCUT2D eigenvalue weighted by molar-refractivity contribution is 9.10. The van der Waals surface area contributed by atoms with Crippen LogP contribution < -0.4 is 0 Å². The van der Waals surface area contributed by atoms with Crippen LogP contribution in [0.5, 0.6) is 0 Å². The molecule has 2 rings (SSSR count). The molecule has 0 saturated carbocycles. The number of hydrogen-bond donors (Lipinski definition) is 0. The van der Waals surface area contributed by atoms with Crippen LogP contribution in [-0.2, 0) is 0 Å². The van der Waals surface area contributed by atoms with E-state index in [1.54, 1.807) is 6.07 Å². The average molecular weight is 339 g/mol. The summed E-state index contributed by atoms with van der Waals surface area (Å²) in [6, 6.07) is 12.2. The number of hydrogen-bond acceptors (Lipinski definition) is 2. The molecule has 0 aliphatic rings. The van der Waals surface area contributed by atoms with Gasteiger partial charge in [0, 0.05) is 9.37 Å². The van der Waals surface area contributed by atoms with E-state index in [0.29, 0.717) is 4.47 Å². The van der Waals surface area contributed by atoms with Crippen LogP contribution in [0.1, 0.15) is 15.9 Å². The smallest absolute Gasteiger partial charge is 0.176 e. The van der Waals surface area contributed by atoms with Gasteiger partial charge in [0.15, 0.2) is 5.78 Å². The number of aryl methyl sites for hydroxylation is 1. The third-order valence-electron chi connectivity index (χ3n) is 2.68. The molecule has 0 unspecified atom stereocenters. The minimum atomic E-state index is -0.474. The van der Waals surface area contributed by atoms with Crippen molar-refractivity contribution in [2.45, 2.75) is 11.8 Å². The van der Waals surface area contributed by atoms with Gasteiger partial charge in [-0.1, -0.05) is 34.1 Å². The Morgan fingerprint density at radius 2 is 2.00 bits per heavy atom. The van der Waals surface area contributed by atoms with Gasteiger partial charge >= 0.3 is 0 Å². The predicted molar refractivity (Wildman–Crippen MR) is 80.3 cm³/mol. The van der Waals surface area contributed by atoms with Gasteiger partial charge in [-0.3, -0.25) is 4.79 Å². The van der Waals surface area contributed by atoms with Crippen molar-refractivity contribution < 1.29 is 9.18 Å². The van der Waals surface area contributed by atoms with Crippen molar-refractivity contribution >= 4 is 33.5 Å². The molecule has 0 spiro atoms. The quantitative estimate of drug-likeness (QED) is 0.584. The summed E-state index contributed by atoms with van der Waals surface area (Å²) in [5, 5.41) is 0. The Hall–Kier alpha value is -1.13. The summed E-state index contributed by atoms with van der Waals surface area (Å²) in [6.45, 7) is 1.99. The van der Waals surface area contributed by atoms with Crippen molar-refractivity contribution in [1.82, 2.24) is 0 Å². The van der Waals surface area contributed by atoms with Crippen LogP contribution in [0.4, 0.5) is 4.39 Å². The van der Waals surface area contributed by atoms with Crippen LogP contribution >= 0.6 is 27.7 Å².